The largest absolute Gasteiger partial charge is 0.489 e. The summed E-state index contributed by atoms with van der Waals surface area (Å²) < 4.78 is 17.4. The Labute approximate surface area is 207 Å². The Kier molecular flexibility index (Phi) is 7.14. The van der Waals surface area contributed by atoms with Crippen molar-refractivity contribution in [3.63, 3.8) is 0 Å². The van der Waals surface area contributed by atoms with Crippen molar-refractivity contribution in [1.29, 1.82) is 0 Å². The molecule has 0 amide bonds. The molecule has 0 spiro atoms. The van der Waals surface area contributed by atoms with Crippen molar-refractivity contribution in [2.75, 3.05) is 6.61 Å². The lowest BCUT2D eigenvalue weighted by molar-refractivity contribution is -0.165. The van der Waals surface area contributed by atoms with E-state index in [1.54, 1.807) is 18.2 Å². The zero-order chi connectivity index (χ0) is 25.9. The van der Waals surface area contributed by atoms with E-state index in [1.807, 2.05) is 56.3 Å². The summed E-state index contributed by atoms with van der Waals surface area (Å²) in [6, 6.07) is 18.9. The number of ether oxygens (including phenoxy) is 2. The lowest BCUT2D eigenvalue weighted by atomic mass is 9.93. The van der Waals surface area contributed by atoms with Gasteiger partial charge in [0.15, 0.2) is 5.79 Å². The first-order chi connectivity index (χ1) is 17.1. The highest BCUT2D eigenvalue weighted by atomic mass is 16.6. The molecule has 4 aromatic rings. The molecular formula is C27H28N2O7. The first kappa shape index (κ1) is 25.0. The number of aliphatic hydroxyl groups is 2. The number of hydrogen-bond acceptors (Lipinski definition) is 7. The molecule has 0 aliphatic rings. The molecule has 0 aliphatic heterocycles. The first-order valence-corrected chi connectivity index (χ1v) is 11.4. The number of H-pyrrole nitrogens is 1. The Bertz CT molecular complexity index is 1470. The highest BCUT2D eigenvalue weighted by molar-refractivity contribution is 5.72. The van der Waals surface area contributed by atoms with E-state index in [0.717, 1.165) is 32.6 Å². The number of aromatic nitrogens is 2. The molecule has 1 heterocycles. The van der Waals surface area contributed by atoms with Crippen molar-refractivity contribution in [2.24, 2.45) is 0 Å². The minimum Gasteiger partial charge on any atom is -0.489 e. The van der Waals surface area contributed by atoms with Crippen molar-refractivity contribution >= 4 is 0 Å². The summed E-state index contributed by atoms with van der Waals surface area (Å²) >= 11 is 0. The summed E-state index contributed by atoms with van der Waals surface area (Å²) in [5.41, 5.74) is 5.18. The van der Waals surface area contributed by atoms with Gasteiger partial charge in [-0.2, -0.15) is 0 Å². The van der Waals surface area contributed by atoms with Crippen molar-refractivity contribution in [3.05, 3.63) is 104 Å². The number of nitrogens with zero attached hydrogens (tertiary/aromatic N) is 1. The SMILES string of the molecule is Cc1cc(OCC(C)(O)O)ccc1-c1cccc(COc2ccccc2Cn2oc(=O)[nH]c2=O)c1C. The molecule has 0 saturated carbocycles. The second-order valence-electron chi connectivity index (χ2n) is 8.81. The number of hydrogen-bond donors (Lipinski definition) is 3. The summed E-state index contributed by atoms with van der Waals surface area (Å²) in [5.74, 6) is -1.57. The van der Waals surface area contributed by atoms with Crippen LogP contribution in [-0.4, -0.2) is 32.3 Å². The molecule has 0 unspecified atom stereocenters. The zero-order valence-corrected chi connectivity index (χ0v) is 20.3. The fraction of sp³-hybridized carbons (Fsp3) is 0.259. The smallest absolute Gasteiger partial charge is 0.440 e. The fourth-order valence-electron chi connectivity index (χ4n) is 3.88. The predicted octanol–water partition coefficient (Wildman–Crippen LogP) is 3.12. The molecule has 3 N–H and O–H groups in total. The minimum absolute atomic E-state index is 0.0616. The average molecular weight is 493 g/mol. The molecule has 0 radical (unpaired) electrons. The van der Waals surface area contributed by atoms with Crippen molar-refractivity contribution in [2.45, 2.75) is 39.7 Å². The average Bonchev–Trinajstić information content (AvgIpc) is 3.14. The van der Waals surface area contributed by atoms with Crippen LogP contribution in [0.15, 0.2) is 74.8 Å². The van der Waals surface area contributed by atoms with Gasteiger partial charge in [-0.1, -0.05) is 42.5 Å². The number of para-hydroxylation sites is 1. The van der Waals surface area contributed by atoms with E-state index < -0.39 is 17.2 Å². The van der Waals surface area contributed by atoms with Crippen LogP contribution in [0.4, 0.5) is 0 Å². The maximum absolute atomic E-state index is 11.8. The molecule has 0 saturated heterocycles. The maximum Gasteiger partial charge on any atom is 0.440 e. The van der Waals surface area contributed by atoms with Gasteiger partial charge in [-0.3, -0.25) is 0 Å². The van der Waals surface area contributed by atoms with E-state index in [-0.39, 0.29) is 13.2 Å². The molecular weight excluding hydrogens is 464 g/mol. The van der Waals surface area contributed by atoms with Crippen LogP contribution in [0.5, 0.6) is 11.5 Å². The summed E-state index contributed by atoms with van der Waals surface area (Å²) in [6.07, 6.45) is 0. The monoisotopic (exact) mass is 492 g/mol. The van der Waals surface area contributed by atoms with Crippen molar-refractivity contribution in [3.8, 4) is 22.6 Å². The Morgan fingerprint density at radius 1 is 0.944 bits per heavy atom. The van der Waals surface area contributed by atoms with Crippen molar-refractivity contribution in [1.82, 2.24) is 9.72 Å². The summed E-state index contributed by atoms with van der Waals surface area (Å²) in [4.78, 5) is 25.2. The van der Waals surface area contributed by atoms with Gasteiger partial charge in [0.25, 0.3) is 0 Å². The van der Waals surface area contributed by atoms with Gasteiger partial charge < -0.3 is 24.2 Å². The summed E-state index contributed by atoms with van der Waals surface area (Å²) in [7, 11) is 0. The van der Waals surface area contributed by atoms with Gasteiger partial charge in [-0.05, 0) is 66.8 Å². The Morgan fingerprint density at radius 2 is 1.69 bits per heavy atom. The molecule has 0 aliphatic carbocycles. The Morgan fingerprint density at radius 3 is 2.39 bits per heavy atom. The van der Waals surface area contributed by atoms with Crippen LogP contribution < -0.4 is 20.9 Å². The molecule has 9 nitrogen and oxygen atoms in total. The molecule has 4 rings (SSSR count). The lowest BCUT2D eigenvalue weighted by Crippen LogP contribution is -2.31. The zero-order valence-electron chi connectivity index (χ0n) is 20.3. The molecule has 0 bridgehead atoms. The summed E-state index contributed by atoms with van der Waals surface area (Å²) in [6.45, 7) is 5.40. The van der Waals surface area contributed by atoms with E-state index in [4.69, 9.17) is 14.0 Å². The number of nitrogens with one attached hydrogen (secondary N) is 1. The normalized spacial score (nSPS) is 11.5. The third kappa shape index (κ3) is 5.94. The molecule has 1 aromatic heterocycles. The van der Waals surface area contributed by atoms with Crippen LogP contribution in [0.2, 0.25) is 0 Å². The fourth-order valence-corrected chi connectivity index (χ4v) is 3.88. The lowest BCUT2D eigenvalue weighted by Gasteiger charge is -2.18. The van der Waals surface area contributed by atoms with Crippen LogP contribution in [0.3, 0.4) is 0 Å². The number of aryl methyl sites for hydroxylation is 1. The van der Waals surface area contributed by atoms with E-state index in [9.17, 15) is 19.8 Å². The molecule has 36 heavy (non-hydrogen) atoms. The standard InChI is InChI=1S/C27H28N2O7/c1-17-13-21(35-16-27(3,32)33)11-12-22(17)23-9-6-8-20(18(23)2)15-34-24-10-5-4-7-19(24)14-29-25(30)28-26(31)36-29/h4-13,32-33H,14-16H2,1-3H3,(H,28,30,31). The van der Waals surface area contributed by atoms with Gasteiger partial charge in [0.1, 0.15) is 24.7 Å². The number of rotatable bonds is 9. The van der Waals surface area contributed by atoms with Crippen LogP contribution in [0.1, 0.15) is 29.2 Å². The maximum atomic E-state index is 11.8. The second-order valence-corrected chi connectivity index (χ2v) is 8.81. The van der Waals surface area contributed by atoms with Crippen LogP contribution >= 0.6 is 0 Å². The third-order valence-corrected chi connectivity index (χ3v) is 5.74. The molecule has 0 atom stereocenters. The predicted molar refractivity (Wildman–Crippen MR) is 133 cm³/mol. The van der Waals surface area contributed by atoms with Gasteiger partial charge in [0, 0.05) is 5.56 Å². The highest BCUT2D eigenvalue weighted by Crippen LogP contribution is 2.31. The molecule has 0 fully saturated rings. The topological polar surface area (TPSA) is 127 Å². The van der Waals surface area contributed by atoms with Gasteiger partial charge in [-0.25, -0.2) is 14.6 Å². The van der Waals surface area contributed by atoms with Gasteiger partial charge in [-0.15, -0.1) is 4.74 Å². The van der Waals surface area contributed by atoms with E-state index in [2.05, 4.69) is 4.98 Å². The Balaban J connectivity index is 1.53. The third-order valence-electron chi connectivity index (χ3n) is 5.74. The van der Waals surface area contributed by atoms with E-state index in [0.29, 0.717) is 23.7 Å². The molecule has 9 heteroatoms. The van der Waals surface area contributed by atoms with Crippen LogP contribution in [-0.2, 0) is 13.2 Å². The number of aromatic amines is 1. The van der Waals surface area contributed by atoms with Crippen LogP contribution in [0, 0.1) is 13.8 Å². The van der Waals surface area contributed by atoms with Gasteiger partial charge in [0.05, 0.1) is 6.54 Å². The number of benzene rings is 3. The van der Waals surface area contributed by atoms with Crippen molar-refractivity contribution < 1.29 is 24.2 Å². The Hall–Kier alpha value is -4.08. The van der Waals surface area contributed by atoms with Gasteiger partial charge >= 0.3 is 11.4 Å². The van der Waals surface area contributed by atoms with E-state index in [1.165, 1.54) is 6.92 Å². The van der Waals surface area contributed by atoms with E-state index >= 15 is 0 Å². The minimum atomic E-state index is -1.90. The summed E-state index contributed by atoms with van der Waals surface area (Å²) in [5, 5.41) is 18.9. The second kappa shape index (κ2) is 10.3. The first-order valence-electron chi connectivity index (χ1n) is 11.4. The van der Waals surface area contributed by atoms with Gasteiger partial charge in [0.2, 0.25) is 0 Å². The van der Waals surface area contributed by atoms with Crippen LogP contribution in [0.25, 0.3) is 11.1 Å². The molecule has 3 aromatic carbocycles. The highest BCUT2D eigenvalue weighted by Gasteiger charge is 2.17. The quantitative estimate of drug-likeness (QED) is 0.306. The molecule has 188 valence electrons.